The summed E-state index contributed by atoms with van der Waals surface area (Å²) in [6.07, 6.45) is 4.30. The highest BCUT2D eigenvalue weighted by atomic mass is 35.5. The van der Waals surface area contributed by atoms with Crippen LogP contribution in [0, 0.1) is 12.8 Å². The molecule has 1 aromatic carbocycles. The van der Waals surface area contributed by atoms with Gasteiger partial charge in [0.05, 0.1) is 6.42 Å². The van der Waals surface area contributed by atoms with E-state index in [1.807, 2.05) is 37.3 Å². The zero-order valence-corrected chi connectivity index (χ0v) is 18.0. The molecule has 0 spiro atoms. The van der Waals surface area contributed by atoms with Gasteiger partial charge in [-0.3, -0.25) is 14.7 Å². The number of nitrogens with one attached hydrogen (secondary N) is 1. The maximum absolute atomic E-state index is 12.3. The lowest BCUT2D eigenvalue weighted by atomic mass is 9.96. The van der Waals surface area contributed by atoms with E-state index in [0.717, 1.165) is 61.8 Å². The van der Waals surface area contributed by atoms with Crippen LogP contribution in [-0.4, -0.2) is 54.7 Å². The Kier molecular flexibility index (Phi) is 6.75. The number of benzene rings is 1. The highest BCUT2D eigenvalue weighted by molar-refractivity contribution is 6.30. The molecular formula is C23H28ClN3O3. The lowest BCUT2D eigenvalue weighted by Crippen LogP contribution is -2.45. The summed E-state index contributed by atoms with van der Waals surface area (Å²) in [6.45, 7) is 6.08. The summed E-state index contributed by atoms with van der Waals surface area (Å²) in [5.41, 5.74) is 1.90. The number of piperidine rings is 1. The van der Waals surface area contributed by atoms with Gasteiger partial charge in [-0.2, -0.15) is 0 Å². The number of hydrogen-bond acceptors (Lipinski definition) is 5. The van der Waals surface area contributed by atoms with Crippen molar-refractivity contribution in [3.8, 4) is 11.5 Å². The lowest BCUT2D eigenvalue weighted by molar-refractivity contribution is -0.120. The van der Waals surface area contributed by atoms with Gasteiger partial charge in [0.25, 0.3) is 0 Å². The number of aryl methyl sites for hydroxylation is 1. The Bertz CT molecular complexity index is 884. The predicted molar refractivity (Wildman–Crippen MR) is 116 cm³/mol. The van der Waals surface area contributed by atoms with Crippen LogP contribution in [0.5, 0.6) is 11.5 Å². The summed E-state index contributed by atoms with van der Waals surface area (Å²) < 4.78 is 11.9. The van der Waals surface area contributed by atoms with Crippen LogP contribution in [0.25, 0.3) is 0 Å². The Morgan fingerprint density at radius 3 is 2.90 bits per heavy atom. The number of likely N-dealkylation sites (tertiary alicyclic amines) is 1. The number of amides is 1. The van der Waals surface area contributed by atoms with Crippen molar-refractivity contribution in [2.45, 2.75) is 32.3 Å². The minimum atomic E-state index is 0.00920. The minimum Gasteiger partial charge on any atom is -0.486 e. The smallest absolute Gasteiger partial charge is 0.224 e. The minimum absolute atomic E-state index is 0.00920. The maximum Gasteiger partial charge on any atom is 0.224 e. The van der Waals surface area contributed by atoms with Gasteiger partial charge in [-0.15, -0.1) is 0 Å². The molecule has 4 rings (SSSR count). The van der Waals surface area contributed by atoms with Crippen LogP contribution in [0.3, 0.4) is 0 Å². The molecule has 0 unspecified atom stereocenters. The number of carbonyl (C=O) groups excluding carboxylic acids is 1. The normalized spacial score (nSPS) is 19.5. The number of ether oxygens (including phenoxy) is 2. The Morgan fingerprint density at radius 1 is 1.27 bits per heavy atom. The van der Waals surface area contributed by atoms with Crippen molar-refractivity contribution in [2.75, 3.05) is 32.8 Å². The molecule has 7 heteroatoms. The van der Waals surface area contributed by atoms with Gasteiger partial charge in [0.1, 0.15) is 12.7 Å². The molecule has 6 nitrogen and oxygen atoms in total. The average molecular weight is 430 g/mol. The quantitative estimate of drug-likeness (QED) is 0.763. The first-order valence-corrected chi connectivity index (χ1v) is 10.9. The third kappa shape index (κ3) is 5.43. The van der Waals surface area contributed by atoms with Gasteiger partial charge in [0, 0.05) is 36.1 Å². The summed E-state index contributed by atoms with van der Waals surface area (Å²) in [6, 6.07) is 9.31. The number of aromatic nitrogens is 1. The first kappa shape index (κ1) is 20.9. The second-order valence-corrected chi connectivity index (χ2v) is 8.55. The topological polar surface area (TPSA) is 63.7 Å². The fraction of sp³-hybridized carbons (Fsp3) is 0.478. The van der Waals surface area contributed by atoms with Gasteiger partial charge in [0.2, 0.25) is 5.91 Å². The van der Waals surface area contributed by atoms with Gasteiger partial charge < -0.3 is 14.8 Å². The Hall–Kier alpha value is -2.31. The fourth-order valence-corrected chi connectivity index (χ4v) is 4.20. The van der Waals surface area contributed by atoms with E-state index in [2.05, 4.69) is 15.2 Å². The zero-order valence-electron chi connectivity index (χ0n) is 17.3. The molecule has 3 heterocycles. The SMILES string of the molecule is Cc1ncccc1CC(=O)NCC1CCN(C[C@H]2COc3ccc(Cl)cc3O2)CC1. The van der Waals surface area contributed by atoms with E-state index in [-0.39, 0.29) is 12.0 Å². The number of fused-ring (bicyclic) bond motifs is 1. The summed E-state index contributed by atoms with van der Waals surface area (Å²) in [5.74, 6) is 2.06. The number of rotatable bonds is 6. The summed E-state index contributed by atoms with van der Waals surface area (Å²) in [4.78, 5) is 18.9. The average Bonchev–Trinajstić information content (AvgIpc) is 2.75. The molecule has 0 aliphatic carbocycles. The molecule has 1 atom stereocenters. The van der Waals surface area contributed by atoms with Crippen LogP contribution in [0.15, 0.2) is 36.5 Å². The van der Waals surface area contributed by atoms with Gasteiger partial charge in [-0.05, 0) is 62.5 Å². The van der Waals surface area contributed by atoms with Gasteiger partial charge in [0.15, 0.2) is 11.5 Å². The molecule has 1 saturated heterocycles. The van der Waals surface area contributed by atoms with Gasteiger partial charge in [-0.25, -0.2) is 0 Å². The number of pyridine rings is 1. The summed E-state index contributed by atoms with van der Waals surface area (Å²) >= 11 is 6.06. The molecule has 1 amide bonds. The van der Waals surface area contributed by atoms with Crippen molar-refractivity contribution in [2.24, 2.45) is 5.92 Å². The van der Waals surface area contributed by atoms with Crippen LogP contribution in [0.1, 0.15) is 24.1 Å². The van der Waals surface area contributed by atoms with Gasteiger partial charge >= 0.3 is 0 Å². The Balaban J connectivity index is 1.17. The van der Waals surface area contributed by atoms with E-state index in [1.165, 1.54) is 0 Å². The van der Waals surface area contributed by atoms with Gasteiger partial charge in [-0.1, -0.05) is 17.7 Å². The molecule has 1 fully saturated rings. The number of carbonyl (C=O) groups is 1. The molecule has 0 saturated carbocycles. The van der Waals surface area contributed by atoms with Crippen LogP contribution in [-0.2, 0) is 11.2 Å². The molecule has 2 aromatic rings. The molecule has 1 aromatic heterocycles. The molecule has 0 bridgehead atoms. The largest absolute Gasteiger partial charge is 0.486 e. The maximum atomic E-state index is 12.3. The van der Waals surface area contributed by atoms with Crippen LogP contribution in [0.2, 0.25) is 5.02 Å². The molecule has 1 N–H and O–H groups in total. The van der Waals surface area contributed by atoms with Crippen molar-refractivity contribution >= 4 is 17.5 Å². The Labute approximate surface area is 182 Å². The van der Waals surface area contributed by atoms with Crippen molar-refractivity contribution in [1.29, 1.82) is 0 Å². The summed E-state index contributed by atoms with van der Waals surface area (Å²) in [5, 5.41) is 3.75. The second-order valence-electron chi connectivity index (χ2n) is 8.11. The lowest BCUT2D eigenvalue weighted by Gasteiger charge is -2.35. The van der Waals surface area contributed by atoms with E-state index in [9.17, 15) is 4.79 Å². The second kappa shape index (κ2) is 9.67. The summed E-state index contributed by atoms with van der Waals surface area (Å²) in [7, 11) is 0. The van der Waals surface area contributed by atoms with Crippen LogP contribution < -0.4 is 14.8 Å². The molecule has 0 radical (unpaired) electrons. The highest BCUT2D eigenvalue weighted by Gasteiger charge is 2.26. The van der Waals surface area contributed by atoms with Crippen molar-refractivity contribution in [3.05, 3.63) is 52.8 Å². The van der Waals surface area contributed by atoms with E-state index < -0.39 is 0 Å². The third-order valence-corrected chi connectivity index (χ3v) is 6.08. The van der Waals surface area contributed by atoms with E-state index >= 15 is 0 Å². The van der Waals surface area contributed by atoms with Crippen molar-refractivity contribution < 1.29 is 14.3 Å². The zero-order chi connectivity index (χ0) is 20.9. The first-order chi connectivity index (χ1) is 14.6. The number of nitrogens with zero attached hydrogens (tertiary/aromatic N) is 2. The van der Waals surface area contributed by atoms with Crippen LogP contribution in [0.4, 0.5) is 0 Å². The number of halogens is 1. The van der Waals surface area contributed by atoms with E-state index in [4.69, 9.17) is 21.1 Å². The standard InChI is InChI=1S/C23H28ClN3O3/c1-16-18(3-2-8-25-16)11-23(28)26-13-17-6-9-27(10-7-17)14-20-15-29-21-5-4-19(24)12-22(21)30-20/h2-5,8,12,17,20H,6-7,9-11,13-15H2,1H3,(H,26,28)/t20-/m0/s1. The monoisotopic (exact) mass is 429 g/mol. The predicted octanol–water partition coefficient (Wildman–Crippen LogP) is 3.25. The van der Waals surface area contributed by atoms with Crippen LogP contribution >= 0.6 is 11.6 Å². The fourth-order valence-electron chi connectivity index (χ4n) is 4.04. The van der Waals surface area contributed by atoms with E-state index in [0.29, 0.717) is 24.0 Å². The van der Waals surface area contributed by atoms with Crippen molar-refractivity contribution in [3.63, 3.8) is 0 Å². The first-order valence-electron chi connectivity index (χ1n) is 10.6. The van der Waals surface area contributed by atoms with Crippen molar-refractivity contribution in [1.82, 2.24) is 15.2 Å². The molecule has 160 valence electrons. The molecular weight excluding hydrogens is 402 g/mol. The highest BCUT2D eigenvalue weighted by Crippen LogP contribution is 2.34. The molecule has 2 aliphatic heterocycles. The third-order valence-electron chi connectivity index (χ3n) is 5.85. The molecule has 2 aliphatic rings. The molecule has 30 heavy (non-hydrogen) atoms. The van der Waals surface area contributed by atoms with E-state index in [1.54, 1.807) is 6.20 Å². The number of hydrogen-bond donors (Lipinski definition) is 1. The Morgan fingerprint density at radius 2 is 2.10 bits per heavy atom.